The van der Waals surface area contributed by atoms with Crippen LogP contribution >= 0.6 is 0 Å². The van der Waals surface area contributed by atoms with Gasteiger partial charge < -0.3 is 10.2 Å². The van der Waals surface area contributed by atoms with Crippen molar-refractivity contribution < 1.29 is 0 Å². The molecule has 1 aromatic rings. The molecule has 1 saturated carbocycles. The van der Waals surface area contributed by atoms with Gasteiger partial charge in [-0.3, -0.25) is 0 Å². The zero-order valence-electron chi connectivity index (χ0n) is 13.4. The Morgan fingerprint density at radius 1 is 1.14 bits per heavy atom. The summed E-state index contributed by atoms with van der Waals surface area (Å²) in [5.74, 6) is 1.90. The average molecular weight is 286 g/mol. The Kier molecular flexibility index (Phi) is 5.32. The van der Waals surface area contributed by atoms with Crippen molar-refractivity contribution in [3.05, 3.63) is 35.9 Å². The van der Waals surface area contributed by atoms with E-state index in [0.29, 0.717) is 0 Å². The van der Waals surface area contributed by atoms with Gasteiger partial charge in [0.25, 0.3) is 0 Å². The van der Waals surface area contributed by atoms with E-state index in [-0.39, 0.29) is 0 Å². The van der Waals surface area contributed by atoms with E-state index < -0.39 is 0 Å². The summed E-state index contributed by atoms with van der Waals surface area (Å²) in [5.41, 5.74) is 1.47. The minimum atomic E-state index is 0.733. The van der Waals surface area contributed by atoms with Gasteiger partial charge in [0, 0.05) is 19.1 Å². The largest absolute Gasteiger partial charge is 0.312 e. The van der Waals surface area contributed by atoms with Gasteiger partial charge in [-0.15, -0.1) is 0 Å². The molecule has 0 amide bonds. The van der Waals surface area contributed by atoms with Crippen molar-refractivity contribution in [3.8, 4) is 0 Å². The Balaban J connectivity index is 1.33. The maximum atomic E-state index is 3.83. The first-order valence-electron chi connectivity index (χ1n) is 8.79. The third-order valence-electron chi connectivity index (χ3n) is 5.33. The number of hydrogen-bond donors (Lipinski definition) is 1. The smallest absolute Gasteiger partial charge is 0.0207 e. The van der Waals surface area contributed by atoms with E-state index >= 15 is 0 Å². The van der Waals surface area contributed by atoms with E-state index in [4.69, 9.17) is 0 Å². The van der Waals surface area contributed by atoms with Gasteiger partial charge in [-0.05, 0) is 56.2 Å². The van der Waals surface area contributed by atoms with Gasteiger partial charge in [0.2, 0.25) is 0 Å². The van der Waals surface area contributed by atoms with Crippen LogP contribution in [0.1, 0.15) is 38.2 Å². The number of hydrogen-bond acceptors (Lipinski definition) is 2. The van der Waals surface area contributed by atoms with Crippen LogP contribution in [0.25, 0.3) is 0 Å². The maximum Gasteiger partial charge on any atom is 0.0207 e. The fourth-order valence-electron chi connectivity index (χ4n) is 3.98. The van der Waals surface area contributed by atoms with Crippen molar-refractivity contribution in [2.75, 3.05) is 26.2 Å². The molecule has 0 spiro atoms. The molecule has 1 aliphatic carbocycles. The van der Waals surface area contributed by atoms with Crippen LogP contribution in [0, 0.1) is 11.8 Å². The molecular weight excluding hydrogens is 256 g/mol. The monoisotopic (exact) mass is 286 g/mol. The van der Waals surface area contributed by atoms with Crippen LogP contribution in [0.2, 0.25) is 0 Å². The van der Waals surface area contributed by atoms with Crippen molar-refractivity contribution in [2.45, 2.75) is 45.1 Å². The molecule has 1 heterocycles. The highest BCUT2D eigenvalue weighted by Crippen LogP contribution is 2.29. The summed E-state index contributed by atoms with van der Waals surface area (Å²) in [6.45, 7) is 7.38. The lowest BCUT2D eigenvalue weighted by Gasteiger charge is -2.18. The van der Waals surface area contributed by atoms with Gasteiger partial charge >= 0.3 is 0 Å². The van der Waals surface area contributed by atoms with Gasteiger partial charge in [0.15, 0.2) is 0 Å². The second kappa shape index (κ2) is 7.42. The molecule has 21 heavy (non-hydrogen) atoms. The Hall–Kier alpha value is -0.860. The minimum Gasteiger partial charge on any atom is -0.312 e. The molecule has 3 rings (SSSR count). The molecule has 0 radical (unpaired) electrons. The molecule has 1 N–H and O–H groups in total. The van der Waals surface area contributed by atoms with Gasteiger partial charge in [0.1, 0.15) is 0 Å². The Labute approximate surface area is 129 Å². The molecule has 1 aromatic carbocycles. The van der Waals surface area contributed by atoms with Crippen molar-refractivity contribution in [1.29, 1.82) is 0 Å². The molecule has 2 nitrogen and oxygen atoms in total. The summed E-state index contributed by atoms with van der Waals surface area (Å²) in [4.78, 5) is 2.63. The lowest BCUT2D eigenvalue weighted by molar-refractivity contribution is 0.327. The molecule has 2 fully saturated rings. The van der Waals surface area contributed by atoms with Crippen LogP contribution in [0.3, 0.4) is 0 Å². The Morgan fingerprint density at radius 2 is 2.00 bits per heavy atom. The third kappa shape index (κ3) is 4.55. The van der Waals surface area contributed by atoms with Crippen LogP contribution in [0.4, 0.5) is 0 Å². The topological polar surface area (TPSA) is 15.3 Å². The quantitative estimate of drug-likeness (QED) is 0.863. The van der Waals surface area contributed by atoms with E-state index in [1.165, 1.54) is 63.8 Å². The summed E-state index contributed by atoms with van der Waals surface area (Å²) >= 11 is 0. The fraction of sp³-hybridized carbons (Fsp3) is 0.684. The molecule has 3 unspecified atom stereocenters. The fourth-order valence-corrected chi connectivity index (χ4v) is 3.98. The first kappa shape index (κ1) is 15.1. The molecule has 1 aliphatic heterocycles. The molecule has 1 saturated heterocycles. The minimum absolute atomic E-state index is 0.733. The highest BCUT2D eigenvalue weighted by Gasteiger charge is 2.25. The average Bonchev–Trinajstić information content (AvgIpc) is 3.13. The molecule has 2 heteroatoms. The molecule has 2 aliphatic rings. The standard InChI is InChI=1S/C19H30N2/c1-16-7-8-18(13-16)14-20-19-10-12-21(15-19)11-9-17-5-3-2-4-6-17/h2-6,16,18-20H,7-15H2,1H3. The van der Waals surface area contributed by atoms with E-state index in [9.17, 15) is 0 Å². The van der Waals surface area contributed by atoms with Gasteiger partial charge in [-0.25, -0.2) is 0 Å². The predicted molar refractivity (Wildman–Crippen MR) is 89.5 cm³/mol. The molecule has 0 bridgehead atoms. The Morgan fingerprint density at radius 3 is 2.76 bits per heavy atom. The highest BCUT2D eigenvalue weighted by molar-refractivity contribution is 5.14. The number of nitrogens with zero attached hydrogens (tertiary/aromatic N) is 1. The van der Waals surface area contributed by atoms with Crippen LogP contribution in [-0.2, 0) is 6.42 Å². The van der Waals surface area contributed by atoms with Crippen LogP contribution < -0.4 is 5.32 Å². The SMILES string of the molecule is CC1CCC(CNC2CCN(CCc3ccccc3)C2)C1. The van der Waals surface area contributed by atoms with E-state index in [1.807, 2.05) is 0 Å². The summed E-state index contributed by atoms with van der Waals surface area (Å²) < 4.78 is 0. The molecule has 116 valence electrons. The second-order valence-corrected chi connectivity index (χ2v) is 7.21. The zero-order valence-corrected chi connectivity index (χ0v) is 13.4. The maximum absolute atomic E-state index is 3.83. The van der Waals surface area contributed by atoms with Crippen molar-refractivity contribution >= 4 is 0 Å². The third-order valence-corrected chi connectivity index (χ3v) is 5.33. The van der Waals surface area contributed by atoms with E-state index in [0.717, 1.165) is 17.9 Å². The molecule has 3 atom stereocenters. The molecular formula is C19H30N2. The first-order valence-corrected chi connectivity index (χ1v) is 8.79. The first-order chi connectivity index (χ1) is 10.3. The number of nitrogens with one attached hydrogen (secondary N) is 1. The lowest BCUT2D eigenvalue weighted by atomic mass is 10.1. The lowest BCUT2D eigenvalue weighted by Crippen LogP contribution is -2.35. The Bertz CT molecular complexity index is 417. The van der Waals surface area contributed by atoms with Crippen molar-refractivity contribution in [2.24, 2.45) is 11.8 Å². The zero-order chi connectivity index (χ0) is 14.5. The summed E-state index contributed by atoms with van der Waals surface area (Å²) in [7, 11) is 0. The molecule has 0 aromatic heterocycles. The van der Waals surface area contributed by atoms with Gasteiger partial charge in [0.05, 0.1) is 0 Å². The van der Waals surface area contributed by atoms with Crippen LogP contribution in [-0.4, -0.2) is 37.1 Å². The predicted octanol–water partition coefficient (Wildman–Crippen LogP) is 3.33. The summed E-state index contributed by atoms with van der Waals surface area (Å²) in [6, 6.07) is 11.6. The highest BCUT2D eigenvalue weighted by atomic mass is 15.2. The number of benzene rings is 1. The van der Waals surface area contributed by atoms with Crippen molar-refractivity contribution in [3.63, 3.8) is 0 Å². The summed E-state index contributed by atoms with van der Waals surface area (Å²) in [6.07, 6.45) is 6.85. The number of rotatable bonds is 6. The summed E-state index contributed by atoms with van der Waals surface area (Å²) in [5, 5.41) is 3.83. The van der Waals surface area contributed by atoms with Crippen LogP contribution in [0.15, 0.2) is 30.3 Å². The van der Waals surface area contributed by atoms with E-state index in [1.54, 1.807) is 0 Å². The normalized spacial score (nSPS) is 30.0. The van der Waals surface area contributed by atoms with Crippen LogP contribution in [0.5, 0.6) is 0 Å². The number of likely N-dealkylation sites (tertiary alicyclic amines) is 1. The van der Waals surface area contributed by atoms with E-state index in [2.05, 4.69) is 47.5 Å². The van der Waals surface area contributed by atoms with Gasteiger partial charge in [-0.1, -0.05) is 43.7 Å². The van der Waals surface area contributed by atoms with Crippen molar-refractivity contribution in [1.82, 2.24) is 10.2 Å². The van der Waals surface area contributed by atoms with Gasteiger partial charge in [-0.2, -0.15) is 0 Å². The second-order valence-electron chi connectivity index (χ2n) is 7.21.